The number of nitrogens with two attached hydrogens (primary N) is 1. The molecule has 11 heteroatoms. The van der Waals surface area contributed by atoms with Crippen LogP contribution in [0.25, 0.3) is 11.2 Å². The molecule has 6 N–H and O–H groups in total. The highest BCUT2D eigenvalue weighted by Crippen LogP contribution is 2.40. The highest BCUT2D eigenvalue weighted by molar-refractivity contribution is 5.82. The van der Waals surface area contributed by atoms with Gasteiger partial charge < -0.3 is 30.9 Å². The number of aliphatic carboxylic acids is 1. The molecule has 2 aromatic heterocycles. The maximum Gasteiger partial charge on any atom is 0.335 e. The van der Waals surface area contributed by atoms with Gasteiger partial charge in [0.05, 0.1) is 6.33 Å². The van der Waals surface area contributed by atoms with Crippen molar-refractivity contribution in [3.63, 3.8) is 0 Å². The van der Waals surface area contributed by atoms with E-state index in [0.29, 0.717) is 12.8 Å². The number of rotatable bonds is 2. The van der Waals surface area contributed by atoms with E-state index in [4.69, 9.17) is 15.6 Å². The number of nitrogen functional groups attached to an aromatic ring is 1. The van der Waals surface area contributed by atoms with E-state index in [2.05, 4.69) is 40.6 Å². The van der Waals surface area contributed by atoms with E-state index in [1.54, 1.807) is 0 Å². The molecule has 0 amide bonds. The molecule has 1 aliphatic heterocycles. The van der Waals surface area contributed by atoms with Crippen LogP contribution in [0.15, 0.2) is 6.33 Å². The number of hydrogen-bond acceptors (Lipinski definition) is 9. The maximum atomic E-state index is 11.2. The molecule has 0 spiro atoms. The molecule has 4 rings (SSSR count). The Morgan fingerprint density at radius 3 is 2.68 bits per heavy atom. The zero-order valence-electron chi connectivity index (χ0n) is 17.2. The first kappa shape index (κ1) is 21.5. The summed E-state index contributed by atoms with van der Waals surface area (Å²) in [6, 6.07) is 0. The highest BCUT2D eigenvalue weighted by Gasteiger charge is 2.48. The van der Waals surface area contributed by atoms with Crippen LogP contribution >= 0.6 is 0 Å². The van der Waals surface area contributed by atoms with E-state index in [-0.39, 0.29) is 28.2 Å². The number of fused-ring (bicyclic) bond motifs is 1. The van der Waals surface area contributed by atoms with E-state index in [0.717, 1.165) is 12.8 Å². The van der Waals surface area contributed by atoms with Gasteiger partial charge in [0.1, 0.15) is 23.3 Å². The number of carboxylic acids is 1. The molecule has 11 nitrogen and oxygen atoms in total. The second-order valence-corrected chi connectivity index (χ2v) is 9.00. The largest absolute Gasteiger partial charge is 0.479 e. The third kappa shape index (κ3) is 3.95. The van der Waals surface area contributed by atoms with Crippen molar-refractivity contribution >= 4 is 23.0 Å². The molecule has 166 valence electrons. The van der Waals surface area contributed by atoms with E-state index >= 15 is 0 Å². The Kier molecular flexibility index (Phi) is 5.13. The van der Waals surface area contributed by atoms with Gasteiger partial charge in [0.15, 0.2) is 23.8 Å². The average molecular weight is 431 g/mol. The molecule has 2 aromatic rings. The van der Waals surface area contributed by atoms with E-state index < -0.39 is 36.1 Å². The molecule has 5 unspecified atom stereocenters. The number of carbonyl (C=O) groups is 1. The first-order chi connectivity index (χ1) is 14.5. The molecule has 0 bridgehead atoms. The van der Waals surface area contributed by atoms with Crippen molar-refractivity contribution < 1.29 is 30.0 Å². The monoisotopic (exact) mass is 431 g/mol. The van der Waals surface area contributed by atoms with Crippen molar-refractivity contribution in [2.45, 2.75) is 69.7 Å². The number of aliphatic hydroxyl groups is 3. The van der Waals surface area contributed by atoms with Crippen LogP contribution in [0.1, 0.15) is 51.6 Å². The zero-order chi connectivity index (χ0) is 22.6. The molecule has 0 aromatic carbocycles. The SMILES string of the molecule is CC1(C)CCCC(O)(C#Cc2nc(N)c3ncn(C4OC(C(=O)O)C(O)C4O)c3n2)C1. The fourth-order valence-electron chi connectivity index (χ4n) is 4.38. The summed E-state index contributed by atoms with van der Waals surface area (Å²) >= 11 is 0. The van der Waals surface area contributed by atoms with E-state index in [9.17, 15) is 20.1 Å². The molecule has 5 atom stereocenters. The standard InChI is InChI=1S/C20H25N5O6/c1-19(2)5-3-6-20(30,8-19)7-4-10-23-15(21)11-16(24-10)25(9-22-11)17-13(27)12(26)14(31-17)18(28)29/h9,12-14,17,26-27,30H,3,5-6,8H2,1-2H3,(H,28,29)(H2,21,23,24). The van der Waals surface area contributed by atoms with Gasteiger partial charge in [-0.05, 0) is 37.0 Å². The van der Waals surface area contributed by atoms with Gasteiger partial charge in [-0.1, -0.05) is 19.8 Å². The van der Waals surface area contributed by atoms with Gasteiger partial charge in [-0.15, -0.1) is 0 Å². The van der Waals surface area contributed by atoms with Crippen molar-refractivity contribution in [1.29, 1.82) is 0 Å². The van der Waals surface area contributed by atoms with Gasteiger partial charge in [0, 0.05) is 0 Å². The Bertz CT molecular complexity index is 1090. The van der Waals surface area contributed by atoms with Gasteiger partial charge in [-0.25, -0.2) is 19.7 Å². The third-order valence-corrected chi connectivity index (χ3v) is 5.83. The summed E-state index contributed by atoms with van der Waals surface area (Å²) in [4.78, 5) is 23.8. The molecule has 31 heavy (non-hydrogen) atoms. The van der Waals surface area contributed by atoms with Crippen LogP contribution in [-0.2, 0) is 9.53 Å². The van der Waals surface area contributed by atoms with Crippen LogP contribution in [0.2, 0.25) is 0 Å². The molecule has 2 aliphatic rings. The summed E-state index contributed by atoms with van der Waals surface area (Å²) < 4.78 is 6.61. The first-order valence-electron chi connectivity index (χ1n) is 10.00. The number of nitrogens with zero attached hydrogens (tertiary/aromatic N) is 4. The summed E-state index contributed by atoms with van der Waals surface area (Å²) in [7, 11) is 0. The van der Waals surface area contributed by atoms with Crippen molar-refractivity contribution in [2.24, 2.45) is 5.41 Å². The number of anilines is 1. The Morgan fingerprint density at radius 1 is 1.29 bits per heavy atom. The fraction of sp³-hybridized carbons (Fsp3) is 0.600. The van der Waals surface area contributed by atoms with Crippen molar-refractivity contribution in [2.75, 3.05) is 5.73 Å². The summed E-state index contributed by atoms with van der Waals surface area (Å²) in [6.45, 7) is 4.17. The lowest BCUT2D eigenvalue weighted by molar-refractivity contribution is -0.155. The van der Waals surface area contributed by atoms with E-state index in [1.165, 1.54) is 10.9 Å². The zero-order valence-corrected chi connectivity index (χ0v) is 17.2. The van der Waals surface area contributed by atoms with Crippen LogP contribution < -0.4 is 5.73 Å². The minimum atomic E-state index is -1.62. The molecule has 2 fully saturated rings. The minimum absolute atomic E-state index is 0.0262. The number of ether oxygens (including phenoxy) is 1. The number of aliphatic hydroxyl groups excluding tert-OH is 2. The number of hydrogen-bond donors (Lipinski definition) is 5. The van der Waals surface area contributed by atoms with Crippen LogP contribution in [0.4, 0.5) is 5.82 Å². The van der Waals surface area contributed by atoms with Gasteiger partial charge >= 0.3 is 5.97 Å². The predicted octanol–water partition coefficient (Wildman–Crippen LogP) is -0.205. The van der Waals surface area contributed by atoms with Crippen molar-refractivity contribution in [1.82, 2.24) is 19.5 Å². The quantitative estimate of drug-likeness (QED) is 0.400. The summed E-state index contributed by atoms with van der Waals surface area (Å²) in [5, 5.41) is 40.3. The molecule has 0 radical (unpaired) electrons. The molecule has 1 aliphatic carbocycles. The molecule has 1 saturated carbocycles. The second-order valence-electron chi connectivity index (χ2n) is 9.00. The van der Waals surface area contributed by atoms with Gasteiger partial charge in [0.2, 0.25) is 5.82 Å². The lowest BCUT2D eigenvalue weighted by Gasteiger charge is -2.38. The highest BCUT2D eigenvalue weighted by atomic mass is 16.6. The van der Waals surface area contributed by atoms with Crippen LogP contribution in [0.3, 0.4) is 0 Å². The summed E-state index contributed by atoms with van der Waals surface area (Å²) in [5.41, 5.74) is 5.18. The van der Waals surface area contributed by atoms with Gasteiger partial charge in [-0.2, -0.15) is 0 Å². The maximum absolute atomic E-state index is 11.2. The predicted molar refractivity (Wildman–Crippen MR) is 107 cm³/mol. The molecular formula is C20H25N5O6. The Hall–Kier alpha value is -2.78. The Morgan fingerprint density at radius 2 is 2.03 bits per heavy atom. The van der Waals surface area contributed by atoms with Crippen LogP contribution in [0.5, 0.6) is 0 Å². The lowest BCUT2D eigenvalue weighted by atomic mass is 9.70. The van der Waals surface area contributed by atoms with Gasteiger partial charge in [0.25, 0.3) is 0 Å². The molecular weight excluding hydrogens is 406 g/mol. The summed E-state index contributed by atoms with van der Waals surface area (Å²) in [6.07, 6.45) is -1.75. The van der Waals surface area contributed by atoms with Crippen molar-refractivity contribution in [3.8, 4) is 11.8 Å². The first-order valence-corrected chi connectivity index (χ1v) is 10.00. The topological polar surface area (TPSA) is 177 Å². The van der Waals surface area contributed by atoms with E-state index in [1.807, 2.05) is 0 Å². The summed E-state index contributed by atoms with van der Waals surface area (Å²) in [5.74, 6) is 4.35. The van der Waals surface area contributed by atoms with Crippen molar-refractivity contribution in [3.05, 3.63) is 12.2 Å². The lowest BCUT2D eigenvalue weighted by Crippen LogP contribution is -2.37. The Balaban J connectivity index is 1.69. The van der Waals surface area contributed by atoms with Gasteiger partial charge in [-0.3, -0.25) is 4.57 Å². The average Bonchev–Trinajstić information content (AvgIpc) is 3.21. The van der Waals surface area contributed by atoms with Crippen LogP contribution in [0, 0.1) is 17.3 Å². The fourth-order valence-corrected chi connectivity index (χ4v) is 4.38. The molecule has 3 heterocycles. The molecule has 1 saturated heterocycles. The number of carboxylic acid groups (broad SMARTS) is 1. The Labute approximate surface area is 177 Å². The number of imidazole rings is 1. The smallest absolute Gasteiger partial charge is 0.335 e. The minimum Gasteiger partial charge on any atom is -0.479 e. The normalized spacial score (nSPS) is 32.5. The number of aromatic nitrogens is 4. The van der Waals surface area contributed by atoms with Crippen LogP contribution in [-0.4, -0.2) is 69.8 Å². The second kappa shape index (κ2) is 7.42. The third-order valence-electron chi connectivity index (χ3n) is 5.83.